The van der Waals surface area contributed by atoms with E-state index in [1.165, 1.54) is 6.42 Å². The van der Waals surface area contributed by atoms with E-state index in [1.807, 2.05) is 7.05 Å². The fraction of sp³-hybridized carbons (Fsp3) is 0.938. The summed E-state index contributed by atoms with van der Waals surface area (Å²) in [4.78, 5) is 9.02. The van der Waals surface area contributed by atoms with Gasteiger partial charge in [-0.05, 0) is 26.4 Å². The lowest BCUT2D eigenvalue weighted by atomic mass is 10.0. The zero-order chi connectivity index (χ0) is 16.4. The zero-order valence-electron chi connectivity index (χ0n) is 15.5. The maximum Gasteiger partial charge on any atom is 0.191 e. The summed E-state index contributed by atoms with van der Waals surface area (Å²) in [6.07, 6.45) is 1.19. The van der Waals surface area contributed by atoms with Crippen LogP contribution in [0.3, 0.4) is 0 Å². The Balaban J connectivity index is 0.00000484. The van der Waals surface area contributed by atoms with Crippen molar-refractivity contribution in [2.75, 3.05) is 67.1 Å². The van der Waals surface area contributed by atoms with Crippen LogP contribution in [0.4, 0.5) is 0 Å². The molecule has 0 amide bonds. The van der Waals surface area contributed by atoms with Crippen LogP contribution in [0.1, 0.15) is 20.3 Å². The number of guanidine groups is 1. The number of hydrogen-bond acceptors (Lipinski definition) is 4. The predicted molar refractivity (Wildman–Crippen MR) is 109 cm³/mol. The maximum absolute atomic E-state index is 5.36. The lowest BCUT2D eigenvalue weighted by molar-refractivity contribution is 0.0389. The Hall–Kier alpha value is -0.120. The van der Waals surface area contributed by atoms with Crippen LogP contribution in [0, 0.1) is 5.92 Å². The molecular formula is C16H36IN5O. The van der Waals surface area contributed by atoms with Gasteiger partial charge >= 0.3 is 0 Å². The summed E-state index contributed by atoms with van der Waals surface area (Å²) in [5, 5.41) is 6.85. The van der Waals surface area contributed by atoms with Crippen LogP contribution in [0.15, 0.2) is 4.99 Å². The van der Waals surface area contributed by atoms with E-state index in [1.54, 1.807) is 0 Å². The van der Waals surface area contributed by atoms with E-state index in [2.05, 4.69) is 53.4 Å². The molecular weight excluding hydrogens is 405 g/mol. The van der Waals surface area contributed by atoms with Gasteiger partial charge in [-0.25, -0.2) is 0 Å². The molecule has 7 heteroatoms. The number of hydrogen-bond donors (Lipinski definition) is 2. The van der Waals surface area contributed by atoms with Gasteiger partial charge in [0.2, 0.25) is 0 Å². The average Bonchev–Trinajstić information content (AvgIpc) is 2.49. The summed E-state index contributed by atoms with van der Waals surface area (Å²) in [6, 6.07) is 0.526. The van der Waals surface area contributed by atoms with Crippen LogP contribution < -0.4 is 10.6 Å². The number of nitrogens with zero attached hydrogens (tertiary/aromatic N) is 3. The number of morpholine rings is 1. The first-order valence-corrected chi connectivity index (χ1v) is 8.44. The van der Waals surface area contributed by atoms with E-state index in [9.17, 15) is 0 Å². The van der Waals surface area contributed by atoms with Gasteiger partial charge in [0.25, 0.3) is 0 Å². The van der Waals surface area contributed by atoms with E-state index in [0.717, 1.165) is 51.9 Å². The predicted octanol–water partition coefficient (Wildman–Crippen LogP) is 1.08. The Morgan fingerprint density at radius 2 is 1.87 bits per heavy atom. The second kappa shape index (κ2) is 13.2. The molecule has 1 aliphatic rings. The topological polar surface area (TPSA) is 52.1 Å². The number of nitrogens with one attached hydrogen (secondary N) is 2. The minimum atomic E-state index is 0. The first kappa shape index (κ1) is 22.9. The summed E-state index contributed by atoms with van der Waals surface area (Å²) < 4.78 is 5.36. The Morgan fingerprint density at radius 3 is 2.39 bits per heavy atom. The molecule has 138 valence electrons. The molecule has 0 saturated carbocycles. The highest BCUT2D eigenvalue weighted by atomic mass is 127. The smallest absolute Gasteiger partial charge is 0.191 e. The molecule has 0 aliphatic carbocycles. The van der Waals surface area contributed by atoms with Gasteiger partial charge in [-0.15, -0.1) is 24.0 Å². The van der Waals surface area contributed by atoms with E-state index < -0.39 is 0 Å². The quantitative estimate of drug-likeness (QED) is 0.336. The second-order valence-corrected chi connectivity index (χ2v) is 6.58. The third-order valence-electron chi connectivity index (χ3n) is 4.03. The minimum Gasteiger partial charge on any atom is -0.379 e. The molecule has 2 N–H and O–H groups in total. The third kappa shape index (κ3) is 10.4. The van der Waals surface area contributed by atoms with Gasteiger partial charge in [0.15, 0.2) is 5.96 Å². The molecule has 0 aromatic carbocycles. The first-order chi connectivity index (χ1) is 10.5. The van der Waals surface area contributed by atoms with Crippen molar-refractivity contribution in [2.45, 2.75) is 26.3 Å². The highest BCUT2D eigenvalue weighted by Crippen LogP contribution is 2.07. The number of likely N-dealkylation sites (N-methyl/N-ethyl adjacent to an activating group) is 1. The lowest BCUT2D eigenvalue weighted by Crippen LogP contribution is -2.47. The van der Waals surface area contributed by atoms with Gasteiger partial charge in [0.1, 0.15) is 0 Å². The molecule has 1 aliphatic heterocycles. The van der Waals surface area contributed by atoms with Crippen LogP contribution in [0.5, 0.6) is 0 Å². The van der Waals surface area contributed by atoms with Gasteiger partial charge in [-0.2, -0.15) is 0 Å². The van der Waals surface area contributed by atoms with Crippen molar-refractivity contribution in [1.29, 1.82) is 0 Å². The summed E-state index contributed by atoms with van der Waals surface area (Å²) in [5.74, 6) is 1.59. The van der Waals surface area contributed by atoms with Crippen molar-refractivity contribution in [1.82, 2.24) is 20.4 Å². The van der Waals surface area contributed by atoms with Crippen molar-refractivity contribution in [3.8, 4) is 0 Å². The zero-order valence-corrected chi connectivity index (χ0v) is 17.8. The number of rotatable bonds is 8. The second-order valence-electron chi connectivity index (χ2n) is 6.58. The summed E-state index contributed by atoms with van der Waals surface area (Å²) in [6.45, 7) is 11.2. The van der Waals surface area contributed by atoms with E-state index in [0.29, 0.717) is 12.0 Å². The van der Waals surface area contributed by atoms with E-state index in [4.69, 9.17) is 4.74 Å². The molecule has 1 unspecified atom stereocenters. The normalized spacial score (nSPS) is 18.0. The Morgan fingerprint density at radius 1 is 1.22 bits per heavy atom. The highest BCUT2D eigenvalue weighted by Gasteiger charge is 2.14. The molecule has 0 spiro atoms. The van der Waals surface area contributed by atoms with Crippen molar-refractivity contribution in [3.05, 3.63) is 0 Å². The SMILES string of the molecule is CN=C(NCCN1CCOCC1)NCC(CC(C)C)N(C)C.I. The molecule has 23 heavy (non-hydrogen) atoms. The van der Waals surface area contributed by atoms with Crippen LogP contribution >= 0.6 is 24.0 Å². The van der Waals surface area contributed by atoms with Crippen molar-refractivity contribution >= 4 is 29.9 Å². The average molecular weight is 441 g/mol. The third-order valence-corrected chi connectivity index (χ3v) is 4.03. The molecule has 6 nitrogen and oxygen atoms in total. The van der Waals surface area contributed by atoms with Crippen LogP contribution in [0.25, 0.3) is 0 Å². The fourth-order valence-electron chi connectivity index (χ4n) is 2.61. The van der Waals surface area contributed by atoms with Crippen LogP contribution in [0.2, 0.25) is 0 Å². The van der Waals surface area contributed by atoms with Crippen molar-refractivity contribution in [3.63, 3.8) is 0 Å². The van der Waals surface area contributed by atoms with Gasteiger partial charge in [0.05, 0.1) is 13.2 Å². The Labute approximate surface area is 159 Å². The molecule has 0 aromatic heterocycles. The standard InChI is InChI=1S/C16H35N5O.HI/c1-14(2)12-15(20(4)5)13-19-16(17-3)18-6-7-21-8-10-22-11-9-21;/h14-15H,6-13H2,1-5H3,(H2,17,18,19);1H. The molecule has 1 fully saturated rings. The van der Waals surface area contributed by atoms with E-state index >= 15 is 0 Å². The maximum atomic E-state index is 5.36. The highest BCUT2D eigenvalue weighted by molar-refractivity contribution is 14.0. The van der Waals surface area contributed by atoms with Crippen molar-refractivity contribution in [2.24, 2.45) is 10.9 Å². The lowest BCUT2D eigenvalue weighted by Gasteiger charge is -2.28. The monoisotopic (exact) mass is 441 g/mol. The van der Waals surface area contributed by atoms with E-state index in [-0.39, 0.29) is 24.0 Å². The molecule has 1 atom stereocenters. The molecule has 0 bridgehead atoms. The molecule has 0 radical (unpaired) electrons. The number of ether oxygens (including phenoxy) is 1. The Bertz CT molecular complexity index is 320. The molecule has 0 aromatic rings. The van der Waals surface area contributed by atoms with Crippen LogP contribution in [-0.4, -0.2) is 88.9 Å². The van der Waals surface area contributed by atoms with Gasteiger partial charge < -0.3 is 20.3 Å². The molecule has 1 heterocycles. The van der Waals surface area contributed by atoms with Crippen LogP contribution in [-0.2, 0) is 4.74 Å². The largest absolute Gasteiger partial charge is 0.379 e. The number of halogens is 1. The Kier molecular flexibility index (Phi) is 13.1. The summed E-state index contributed by atoms with van der Waals surface area (Å²) in [7, 11) is 6.11. The van der Waals surface area contributed by atoms with Gasteiger partial charge in [0, 0.05) is 45.8 Å². The summed E-state index contributed by atoms with van der Waals surface area (Å²) >= 11 is 0. The summed E-state index contributed by atoms with van der Waals surface area (Å²) in [5.41, 5.74) is 0. The van der Waals surface area contributed by atoms with Gasteiger partial charge in [-0.1, -0.05) is 13.8 Å². The number of aliphatic imine (C=N–C) groups is 1. The van der Waals surface area contributed by atoms with Gasteiger partial charge in [-0.3, -0.25) is 9.89 Å². The van der Waals surface area contributed by atoms with Crippen molar-refractivity contribution < 1.29 is 4.74 Å². The minimum absolute atomic E-state index is 0. The molecule has 1 saturated heterocycles. The molecule has 1 rings (SSSR count). The first-order valence-electron chi connectivity index (χ1n) is 8.44. The fourth-order valence-corrected chi connectivity index (χ4v) is 2.61.